The van der Waals surface area contributed by atoms with E-state index >= 15 is 0 Å². The average Bonchev–Trinajstić information content (AvgIpc) is 2.96. The SMILES string of the molecule is CC(C)COC(=O)NC(CC(=O)O)C1CC1. The summed E-state index contributed by atoms with van der Waals surface area (Å²) in [4.78, 5) is 21.9. The Labute approximate surface area is 95.2 Å². The number of carbonyl (C=O) groups excluding carboxylic acids is 1. The second-order valence-corrected chi connectivity index (χ2v) is 4.68. The van der Waals surface area contributed by atoms with Gasteiger partial charge in [-0.1, -0.05) is 13.8 Å². The molecule has 16 heavy (non-hydrogen) atoms. The van der Waals surface area contributed by atoms with E-state index < -0.39 is 12.1 Å². The van der Waals surface area contributed by atoms with Crippen LogP contribution in [0.3, 0.4) is 0 Å². The lowest BCUT2D eigenvalue weighted by molar-refractivity contribution is -0.137. The van der Waals surface area contributed by atoms with Crippen LogP contribution in [0.2, 0.25) is 0 Å². The third-order valence-corrected chi connectivity index (χ3v) is 2.44. The van der Waals surface area contributed by atoms with Crippen molar-refractivity contribution in [2.45, 2.75) is 39.2 Å². The zero-order chi connectivity index (χ0) is 12.1. The Balaban J connectivity index is 2.30. The number of carboxylic acid groups (broad SMARTS) is 1. The first-order valence-electron chi connectivity index (χ1n) is 5.64. The van der Waals surface area contributed by atoms with Gasteiger partial charge < -0.3 is 15.2 Å². The third kappa shape index (κ3) is 5.00. The number of alkyl carbamates (subject to hydrolysis) is 1. The van der Waals surface area contributed by atoms with Gasteiger partial charge in [0.2, 0.25) is 0 Å². The molecular weight excluding hydrogens is 210 g/mol. The monoisotopic (exact) mass is 229 g/mol. The van der Waals surface area contributed by atoms with E-state index in [9.17, 15) is 9.59 Å². The summed E-state index contributed by atoms with van der Waals surface area (Å²) in [5.41, 5.74) is 0. The van der Waals surface area contributed by atoms with Crippen molar-refractivity contribution in [1.29, 1.82) is 0 Å². The van der Waals surface area contributed by atoms with Crippen LogP contribution in [0.5, 0.6) is 0 Å². The van der Waals surface area contributed by atoms with Gasteiger partial charge in [0.15, 0.2) is 0 Å². The van der Waals surface area contributed by atoms with E-state index in [2.05, 4.69) is 5.32 Å². The zero-order valence-electron chi connectivity index (χ0n) is 9.73. The van der Waals surface area contributed by atoms with E-state index in [0.29, 0.717) is 12.5 Å². The zero-order valence-corrected chi connectivity index (χ0v) is 9.73. The molecule has 0 saturated heterocycles. The van der Waals surface area contributed by atoms with Gasteiger partial charge in [0.25, 0.3) is 0 Å². The molecule has 2 N–H and O–H groups in total. The molecule has 1 atom stereocenters. The van der Waals surface area contributed by atoms with E-state index in [1.807, 2.05) is 13.8 Å². The van der Waals surface area contributed by atoms with E-state index in [-0.39, 0.29) is 18.4 Å². The van der Waals surface area contributed by atoms with Gasteiger partial charge in [-0.25, -0.2) is 4.79 Å². The summed E-state index contributed by atoms with van der Waals surface area (Å²) in [6.07, 6.45) is 1.44. The van der Waals surface area contributed by atoms with Crippen molar-refractivity contribution in [2.75, 3.05) is 6.61 Å². The van der Waals surface area contributed by atoms with Gasteiger partial charge in [-0.3, -0.25) is 4.79 Å². The molecule has 0 heterocycles. The Morgan fingerprint density at radius 1 is 1.44 bits per heavy atom. The fraction of sp³-hybridized carbons (Fsp3) is 0.818. The smallest absolute Gasteiger partial charge is 0.407 e. The molecule has 0 aromatic carbocycles. The van der Waals surface area contributed by atoms with Gasteiger partial charge in [0.05, 0.1) is 13.0 Å². The molecule has 5 nitrogen and oxygen atoms in total. The van der Waals surface area contributed by atoms with Crippen LogP contribution < -0.4 is 5.32 Å². The Bertz CT molecular complexity index is 261. The number of hydrogen-bond acceptors (Lipinski definition) is 3. The highest BCUT2D eigenvalue weighted by Gasteiger charge is 2.34. The van der Waals surface area contributed by atoms with Crippen molar-refractivity contribution in [2.24, 2.45) is 11.8 Å². The molecule has 0 bridgehead atoms. The quantitative estimate of drug-likeness (QED) is 0.725. The van der Waals surface area contributed by atoms with Gasteiger partial charge in [-0.05, 0) is 24.7 Å². The predicted molar refractivity (Wildman–Crippen MR) is 58.1 cm³/mol. The maximum atomic E-state index is 11.3. The van der Waals surface area contributed by atoms with Crippen molar-refractivity contribution < 1.29 is 19.4 Å². The van der Waals surface area contributed by atoms with E-state index in [4.69, 9.17) is 9.84 Å². The molecule has 1 fully saturated rings. The molecule has 1 rings (SSSR count). The van der Waals surface area contributed by atoms with Crippen LogP contribution in [0.4, 0.5) is 4.79 Å². The second kappa shape index (κ2) is 5.72. The maximum absolute atomic E-state index is 11.3. The third-order valence-electron chi connectivity index (χ3n) is 2.44. The minimum atomic E-state index is -0.888. The second-order valence-electron chi connectivity index (χ2n) is 4.68. The predicted octanol–water partition coefficient (Wildman–Crippen LogP) is 1.62. The molecular formula is C11H19NO4. The minimum Gasteiger partial charge on any atom is -0.481 e. The van der Waals surface area contributed by atoms with Crippen LogP contribution in [-0.4, -0.2) is 29.8 Å². The lowest BCUT2D eigenvalue weighted by atomic mass is 10.1. The largest absolute Gasteiger partial charge is 0.481 e. The van der Waals surface area contributed by atoms with Gasteiger partial charge in [-0.2, -0.15) is 0 Å². The fourth-order valence-corrected chi connectivity index (χ4v) is 1.46. The average molecular weight is 229 g/mol. The number of amides is 1. The summed E-state index contributed by atoms with van der Waals surface area (Å²) in [5, 5.41) is 11.3. The summed E-state index contributed by atoms with van der Waals surface area (Å²) in [7, 11) is 0. The molecule has 1 amide bonds. The Morgan fingerprint density at radius 3 is 2.50 bits per heavy atom. The summed E-state index contributed by atoms with van der Waals surface area (Å²) in [5.74, 6) is -0.298. The van der Waals surface area contributed by atoms with Crippen LogP contribution >= 0.6 is 0 Å². The normalized spacial score (nSPS) is 16.9. The van der Waals surface area contributed by atoms with E-state index in [1.165, 1.54) is 0 Å². The number of ether oxygens (including phenoxy) is 1. The van der Waals surface area contributed by atoms with Crippen LogP contribution in [0.25, 0.3) is 0 Å². The summed E-state index contributed by atoms with van der Waals surface area (Å²) < 4.78 is 4.95. The highest BCUT2D eigenvalue weighted by molar-refractivity contribution is 5.71. The molecule has 1 unspecified atom stereocenters. The highest BCUT2D eigenvalue weighted by atomic mass is 16.5. The van der Waals surface area contributed by atoms with Crippen molar-refractivity contribution in [3.05, 3.63) is 0 Å². The van der Waals surface area contributed by atoms with Crippen LogP contribution in [0.15, 0.2) is 0 Å². The number of nitrogens with one attached hydrogen (secondary N) is 1. The van der Waals surface area contributed by atoms with Gasteiger partial charge in [0, 0.05) is 6.04 Å². The summed E-state index contributed by atoms with van der Waals surface area (Å²) >= 11 is 0. The molecule has 92 valence electrons. The Kier molecular flexibility index (Phi) is 4.58. The lowest BCUT2D eigenvalue weighted by Gasteiger charge is -2.16. The Hall–Kier alpha value is -1.26. The molecule has 0 aliphatic heterocycles. The maximum Gasteiger partial charge on any atom is 0.407 e. The molecule has 1 aliphatic carbocycles. The highest BCUT2D eigenvalue weighted by Crippen LogP contribution is 2.34. The molecule has 1 saturated carbocycles. The van der Waals surface area contributed by atoms with Crippen LogP contribution in [0, 0.1) is 11.8 Å². The molecule has 0 aromatic heterocycles. The molecule has 0 aromatic rings. The Morgan fingerprint density at radius 2 is 2.06 bits per heavy atom. The molecule has 0 spiro atoms. The minimum absolute atomic E-state index is 0.0263. The molecule has 0 radical (unpaired) electrons. The van der Waals surface area contributed by atoms with Crippen molar-refractivity contribution in [3.8, 4) is 0 Å². The first kappa shape index (κ1) is 12.8. The number of carboxylic acids is 1. The van der Waals surface area contributed by atoms with Crippen LogP contribution in [0.1, 0.15) is 33.1 Å². The number of carbonyl (C=O) groups is 2. The van der Waals surface area contributed by atoms with E-state index in [1.54, 1.807) is 0 Å². The van der Waals surface area contributed by atoms with Crippen molar-refractivity contribution >= 4 is 12.1 Å². The fourth-order valence-electron chi connectivity index (χ4n) is 1.46. The first-order valence-corrected chi connectivity index (χ1v) is 5.64. The van der Waals surface area contributed by atoms with E-state index in [0.717, 1.165) is 12.8 Å². The standard InChI is InChI=1S/C11H19NO4/c1-7(2)6-16-11(15)12-9(5-10(13)14)8-3-4-8/h7-9H,3-6H2,1-2H3,(H,12,15)(H,13,14). The van der Waals surface area contributed by atoms with Gasteiger partial charge in [-0.15, -0.1) is 0 Å². The van der Waals surface area contributed by atoms with Gasteiger partial charge >= 0.3 is 12.1 Å². The summed E-state index contributed by atoms with van der Waals surface area (Å²) in [6.45, 7) is 4.25. The number of aliphatic carboxylic acids is 1. The first-order chi connectivity index (χ1) is 7.49. The topological polar surface area (TPSA) is 75.6 Å². The number of rotatable bonds is 6. The van der Waals surface area contributed by atoms with Crippen LogP contribution in [-0.2, 0) is 9.53 Å². The molecule has 5 heteroatoms. The summed E-state index contributed by atoms with van der Waals surface area (Å²) in [6, 6.07) is -0.280. The number of hydrogen-bond donors (Lipinski definition) is 2. The van der Waals surface area contributed by atoms with Gasteiger partial charge in [0.1, 0.15) is 0 Å². The molecule has 1 aliphatic rings. The lowest BCUT2D eigenvalue weighted by Crippen LogP contribution is -2.38. The van der Waals surface area contributed by atoms with Crippen molar-refractivity contribution in [1.82, 2.24) is 5.32 Å². The van der Waals surface area contributed by atoms with Crippen molar-refractivity contribution in [3.63, 3.8) is 0 Å².